The molecule has 0 aliphatic carbocycles. The molecule has 1 aromatic rings. The highest BCUT2D eigenvalue weighted by atomic mass is 19.1. The Labute approximate surface area is 81.9 Å². The lowest BCUT2D eigenvalue weighted by Gasteiger charge is -2.07. The minimum Gasteiger partial charge on any atom is -0.462 e. The van der Waals surface area contributed by atoms with Crippen LogP contribution in [0.25, 0.3) is 0 Å². The summed E-state index contributed by atoms with van der Waals surface area (Å²) in [6.45, 7) is 5.26. The Balaban J connectivity index is 3.14. The maximum atomic E-state index is 12.8. The smallest absolute Gasteiger partial charge is 0.340 e. The fraction of sp³-hybridized carbons (Fsp3) is 0.400. The van der Waals surface area contributed by atoms with Gasteiger partial charge in [0.15, 0.2) is 0 Å². The number of pyridine rings is 1. The van der Waals surface area contributed by atoms with E-state index in [1.807, 2.05) is 0 Å². The van der Waals surface area contributed by atoms with Crippen molar-refractivity contribution in [2.75, 3.05) is 6.61 Å². The molecule has 1 heterocycles. The van der Waals surface area contributed by atoms with Gasteiger partial charge in [-0.25, -0.2) is 9.78 Å². The van der Waals surface area contributed by atoms with E-state index in [0.717, 1.165) is 0 Å². The normalized spacial score (nSPS) is 10.0. The first-order valence-electron chi connectivity index (χ1n) is 4.37. The predicted molar refractivity (Wildman–Crippen MR) is 49.6 cm³/mol. The Morgan fingerprint density at radius 3 is 2.71 bits per heavy atom. The summed E-state index contributed by atoms with van der Waals surface area (Å²) in [5.41, 5.74) is 1.27. The Kier molecular flexibility index (Phi) is 3.17. The van der Waals surface area contributed by atoms with Gasteiger partial charge in [0.1, 0.15) is 0 Å². The second-order valence-corrected chi connectivity index (χ2v) is 2.94. The van der Waals surface area contributed by atoms with Crippen molar-refractivity contribution in [3.05, 3.63) is 28.8 Å². The van der Waals surface area contributed by atoms with E-state index in [2.05, 4.69) is 4.98 Å². The summed E-state index contributed by atoms with van der Waals surface area (Å²) in [7, 11) is 0. The van der Waals surface area contributed by atoms with Crippen LogP contribution in [0.5, 0.6) is 0 Å². The number of carbonyl (C=O) groups excluding carboxylic acids is 1. The van der Waals surface area contributed by atoms with Crippen LogP contribution in [-0.2, 0) is 4.74 Å². The summed E-state index contributed by atoms with van der Waals surface area (Å²) < 4.78 is 17.6. The summed E-state index contributed by atoms with van der Waals surface area (Å²) in [6, 6.07) is 1.22. The van der Waals surface area contributed by atoms with Crippen molar-refractivity contribution in [2.45, 2.75) is 20.8 Å². The number of ether oxygens (including phenoxy) is 1. The number of carbonyl (C=O) groups is 1. The Morgan fingerprint density at radius 1 is 1.57 bits per heavy atom. The van der Waals surface area contributed by atoms with E-state index in [0.29, 0.717) is 23.4 Å². The molecule has 0 N–H and O–H groups in total. The van der Waals surface area contributed by atoms with Crippen molar-refractivity contribution < 1.29 is 13.9 Å². The van der Waals surface area contributed by atoms with Gasteiger partial charge in [-0.3, -0.25) is 0 Å². The van der Waals surface area contributed by atoms with Crippen LogP contribution >= 0.6 is 0 Å². The summed E-state index contributed by atoms with van der Waals surface area (Å²) in [5.74, 6) is -1.02. The average Bonchev–Trinajstić information content (AvgIpc) is 2.01. The van der Waals surface area contributed by atoms with Gasteiger partial charge in [0.25, 0.3) is 0 Å². The summed E-state index contributed by atoms with van der Waals surface area (Å²) >= 11 is 0. The van der Waals surface area contributed by atoms with Gasteiger partial charge in [-0.05, 0) is 32.4 Å². The molecule has 0 aliphatic heterocycles. The highest BCUT2D eigenvalue weighted by molar-refractivity contribution is 5.92. The zero-order valence-electron chi connectivity index (χ0n) is 8.43. The molecule has 0 bridgehead atoms. The molecule has 0 radical (unpaired) electrons. The van der Waals surface area contributed by atoms with E-state index in [4.69, 9.17) is 4.74 Å². The maximum Gasteiger partial charge on any atom is 0.340 e. The fourth-order valence-corrected chi connectivity index (χ4v) is 1.30. The molecule has 0 aromatic carbocycles. The largest absolute Gasteiger partial charge is 0.462 e. The lowest BCUT2D eigenvalue weighted by atomic mass is 10.1. The highest BCUT2D eigenvalue weighted by Crippen LogP contribution is 2.13. The number of aromatic nitrogens is 1. The third kappa shape index (κ3) is 2.07. The second-order valence-electron chi connectivity index (χ2n) is 2.94. The van der Waals surface area contributed by atoms with Crippen LogP contribution in [0.4, 0.5) is 4.39 Å². The highest BCUT2D eigenvalue weighted by Gasteiger charge is 2.15. The van der Waals surface area contributed by atoms with E-state index >= 15 is 0 Å². The van der Waals surface area contributed by atoms with Gasteiger partial charge in [-0.1, -0.05) is 0 Å². The molecule has 1 aromatic heterocycles. The molecule has 4 heteroatoms. The van der Waals surface area contributed by atoms with Gasteiger partial charge in [-0.2, -0.15) is 4.39 Å². The van der Waals surface area contributed by atoms with Gasteiger partial charge in [0, 0.05) is 0 Å². The van der Waals surface area contributed by atoms with Crippen molar-refractivity contribution >= 4 is 5.97 Å². The van der Waals surface area contributed by atoms with E-state index in [1.165, 1.54) is 6.07 Å². The van der Waals surface area contributed by atoms with Crippen molar-refractivity contribution in [2.24, 2.45) is 0 Å². The Morgan fingerprint density at radius 2 is 2.21 bits per heavy atom. The lowest BCUT2D eigenvalue weighted by molar-refractivity contribution is 0.0524. The third-order valence-corrected chi connectivity index (χ3v) is 1.85. The third-order valence-electron chi connectivity index (χ3n) is 1.85. The number of halogens is 1. The molecule has 0 saturated heterocycles. The second kappa shape index (κ2) is 4.17. The van der Waals surface area contributed by atoms with E-state index in [9.17, 15) is 9.18 Å². The number of nitrogens with zero attached hydrogens (tertiary/aromatic N) is 1. The van der Waals surface area contributed by atoms with E-state index in [1.54, 1.807) is 20.8 Å². The van der Waals surface area contributed by atoms with Crippen LogP contribution in [0.2, 0.25) is 0 Å². The first-order valence-corrected chi connectivity index (χ1v) is 4.37. The molecule has 0 unspecified atom stereocenters. The molecule has 76 valence electrons. The van der Waals surface area contributed by atoms with Gasteiger partial charge in [0.2, 0.25) is 5.95 Å². The molecule has 14 heavy (non-hydrogen) atoms. The molecule has 0 spiro atoms. The molecular formula is C10H12FNO2. The van der Waals surface area contributed by atoms with Crippen molar-refractivity contribution in [1.82, 2.24) is 4.98 Å². The molecule has 3 nitrogen and oxygen atoms in total. The minimum atomic E-state index is -0.576. The molecule has 0 fully saturated rings. The van der Waals surface area contributed by atoms with Crippen LogP contribution in [0.3, 0.4) is 0 Å². The van der Waals surface area contributed by atoms with Crippen LogP contribution in [-0.4, -0.2) is 17.6 Å². The molecule has 0 amide bonds. The predicted octanol–water partition coefficient (Wildman–Crippen LogP) is 2.01. The molecule has 1 rings (SSSR count). The Hall–Kier alpha value is -1.45. The van der Waals surface area contributed by atoms with Crippen LogP contribution in [0, 0.1) is 19.8 Å². The molecule has 0 atom stereocenters. The van der Waals surface area contributed by atoms with Crippen LogP contribution < -0.4 is 0 Å². The number of hydrogen-bond acceptors (Lipinski definition) is 3. The lowest BCUT2D eigenvalue weighted by Crippen LogP contribution is -2.10. The van der Waals surface area contributed by atoms with Crippen molar-refractivity contribution in [3.8, 4) is 0 Å². The number of hydrogen-bond donors (Lipinski definition) is 0. The molecule has 0 saturated carbocycles. The summed E-state index contributed by atoms with van der Waals surface area (Å²) in [6.07, 6.45) is 0. The van der Waals surface area contributed by atoms with Crippen LogP contribution in [0.15, 0.2) is 6.07 Å². The summed E-state index contributed by atoms with van der Waals surface area (Å²) in [4.78, 5) is 15.0. The van der Waals surface area contributed by atoms with Crippen molar-refractivity contribution in [1.29, 1.82) is 0 Å². The first-order chi connectivity index (χ1) is 6.56. The number of esters is 1. The minimum absolute atomic E-state index is 0.301. The number of rotatable bonds is 2. The fourth-order valence-electron chi connectivity index (χ4n) is 1.30. The topological polar surface area (TPSA) is 39.2 Å². The van der Waals surface area contributed by atoms with E-state index < -0.39 is 11.9 Å². The monoisotopic (exact) mass is 197 g/mol. The van der Waals surface area contributed by atoms with Gasteiger partial charge in [0.05, 0.1) is 17.9 Å². The SMILES string of the molecule is CCOC(=O)c1c(C)cc(F)nc1C. The molecule has 0 aliphatic rings. The molecular weight excluding hydrogens is 185 g/mol. The van der Waals surface area contributed by atoms with Gasteiger partial charge in [-0.15, -0.1) is 0 Å². The number of aryl methyl sites for hydroxylation is 2. The average molecular weight is 197 g/mol. The van der Waals surface area contributed by atoms with Crippen LogP contribution in [0.1, 0.15) is 28.5 Å². The standard InChI is InChI=1S/C10H12FNO2/c1-4-14-10(13)9-6(2)5-8(11)12-7(9)3/h5H,4H2,1-3H3. The van der Waals surface area contributed by atoms with E-state index in [-0.39, 0.29) is 0 Å². The first kappa shape index (κ1) is 10.6. The quantitative estimate of drug-likeness (QED) is 0.537. The van der Waals surface area contributed by atoms with Gasteiger partial charge >= 0.3 is 5.97 Å². The summed E-state index contributed by atoms with van der Waals surface area (Å²) in [5, 5.41) is 0. The van der Waals surface area contributed by atoms with Gasteiger partial charge < -0.3 is 4.74 Å². The zero-order valence-corrected chi connectivity index (χ0v) is 8.43. The maximum absolute atomic E-state index is 12.8. The zero-order chi connectivity index (χ0) is 10.7. The van der Waals surface area contributed by atoms with Crippen molar-refractivity contribution in [3.63, 3.8) is 0 Å². The Bertz CT molecular complexity index is 340.